The second-order valence-electron chi connectivity index (χ2n) is 3.18. The van der Waals surface area contributed by atoms with E-state index in [1.807, 2.05) is 0 Å². The molecule has 0 saturated carbocycles. The summed E-state index contributed by atoms with van der Waals surface area (Å²) in [4.78, 5) is 0. The van der Waals surface area contributed by atoms with Gasteiger partial charge in [-0.05, 0) is 0 Å². The summed E-state index contributed by atoms with van der Waals surface area (Å²) < 4.78 is 22.0. The molecule has 0 spiro atoms. The van der Waals surface area contributed by atoms with Crippen molar-refractivity contribution in [2.45, 2.75) is 24.8 Å². The molecule has 2 saturated heterocycles. The first-order chi connectivity index (χ1) is 6.83. The number of hydrogen-bond acceptors (Lipinski definition) is 4. The van der Waals surface area contributed by atoms with Crippen molar-refractivity contribution in [1.82, 2.24) is 0 Å². The Hall–Kier alpha value is 0.800. The number of fused-ring (bicyclic) bond motifs is 1. The van der Waals surface area contributed by atoms with Crippen molar-refractivity contribution < 1.29 is 18.9 Å². The number of rotatable bonds is 2. The van der Waals surface area contributed by atoms with E-state index in [4.69, 9.17) is 18.9 Å². The van der Waals surface area contributed by atoms with Crippen molar-refractivity contribution in [3.63, 3.8) is 0 Å². The molecular weight excluding hydrogens is 320 g/mol. The van der Waals surface area contributed by atoms with Gasteiger partial charge in [0.2, 0.25) is 0 Å². The quantitative estimate of drug-likeness (QED) is 0.714. The molecule has 2 fully saturated rings. The van der Waals surface area contributed by atoms with E-state index in [1.165, 1.54) is 0 Å². The molecule has 2 rings (SSSR count). The average Bonchev–Trinajstić information content (AvgIpc) is 2.27. The molecule has 0 aliphatic carbocycles. The lowest BCUT2D eigenvalue weighted by Gasteiger charge is -2.40. The molecule has 4 atom stereocenters. The lowest BCUT2D eigenvalue weighted by atomic mass is 10.2. The molecule has 14 heavy (non-hydrogen) atoms. The molecule has 2 aliphatic rings. The normalized spacial score (nSPS) is 43.3. The minimum absolute atomic E-state index is 0.00148. The Labute approximate surface area is 99.5 Å². The first-order valence-electron chi connectivity index (χ1n) is 4.49. The highest BCUT2D eigenvalue weighted by Crippen LogP contribution is 2.23. The number of alkyl halides is 2. The molecule has 0 amide bonds. The third kappa shape index (κ3) is 2.48. The zero-order chi connectivity index (χ0) is 9.97. The molecule has 0 aromatic heterocycles. The van der Waals surface area contributed by atoms with E-state index >= 15 is 0 Å². The molecule has 6 heteroatoms. The van der Waals surface area contributed by atoms with Crippen molar-refractivity contribution in [2.75, 3.05) is 23.9 Å². The van der Waals surface area contributed by atoms with E-state index in [0.717, 1.165) is 0 Å². The Morgan fingerprint density at radius 1 is 0.857 bits per heavy atom. The summed E-state index contributed by atoms with van der Waals surface area (Å²) in [5.74, 6) is 0. The van der Waals surface area contributed by atoms with E-state index < -0.39 is 0 Å². The maximum atomic E-state index is 5.60. The summed E-state index contributed by atoms with van der Waals surface area (Å²) in [5, 5.41) is 1.36. The van der Waals surface area contributed by atoms with Crippen molar-refractivity contribution in [3.8, 4) is 0 Å². The second-order valence-corrected chi connectivity index (χ2v) is 4.48. The van der Waals surface area contributed by atoms with E-state index in [9.17, 15) is 0 Å². The monoisotopic (exact) mass is 330 g/mol. The first-order valence-corrected chi connectivity index (χ1v) is 6.74. The fourth-order valence-electron chi connectivity index (χ4n) is 1.50. The predicted molar refractivity (Wildman–Crippen MR) is 56.8 cm³/mol. The lowest BCUT2D eigenvalue weighted by molar-refractivity contribution is -0.326. The van der Waals surface area contributed by atoms with Crippen molar-refractivity contribution in [2.24, 2.45) is 0 Å². The van der Waals surface area contributed by atoms with Gasteiger partial charge < -0.3 is 18.9 Å². The van der Waals surface area contributed by atoms with Crippen LogP contribution in [-0.4, -0.2) is 48.7 Å². The molecule has 0 radical (unpaired) electrons. The van der Waals surface area contributed by atoms with Crippen molar-refractivity contribution in [1.29, 1.82) is 0 Å². The van der Waals surface area contributed by atoms with Crippen LogP contribution in [0.4, 0.5) is 0 Å². The van der Waals surface area contributed by atoms with Gasteiger partial charge in [0, 0.05) is 0 Å². The summed E-state index contributed by atoms with van der Waals surface area (Å²) in [6.45, 7) is 1.15. The molecule has 0 aromatic carbocycles. The van der Waals surface area contributed by atoms with E-state index in [-0.39, 0.29) is 24.8 Å². The van der Waals surface area contributed by atoms with Gasteiger partial charge in [0.15, 0.2) is 12.6 Å². The van der Waals surface area contributed by atoms with E-state index in [0.29, 0.717) is 23.9 Å². The van der Waals surface area contributed by atoms with Gasteiger partial charge in [-0.3, -0.25) is 0 Å². The lowest BCUT2D eigenvalue weighted by Crippen LogP contribution is -2.53. The maximum Gasteiger partial charge on any atom is 0.167 e. The van der Waals surface area contributed by atoms with Crippen molar-refractivity contribution in [3.05, 3.63) is 0 Å². The standard InChI is InChI=1S/C8H12Br2O4/c9-1-7-11-3-6-5(13-7)4-12-8(2-10)14-6/h5-8H,1-4H2/t5-,6-,7-,8+/m1/s1. The molecule has 0 bridgehead atoms. The van der Waals surface area contributed by atoms with Crippen LogP contribution in [0.2, 0.25) is 0 Å². The molecule has 2 heterocycles. The highest BCUT2D eigenvalue weighted by Gasteiger charge is 2.37. The molecule has 0 aromatic rings. The highest BCUT2D eigenvalue weighted by molar-refractivity contribution is 9.09. The summed E-state index contributed by atoms with van der Waals surface area (Å²) in [7, 11) is 0. The average molecular weight is 332 g/mol. The zero-order valence-electron chi connectivity index (χ0n) is 7.53. The molecular formula is C8H12Br2O4. The van der Waals surface area contributed by atoms with Crippen LogP contribution < -0.4 is 0 Å². The zero-order valence-corrected chi connectivity index (χ0v) is 10.7. The smallest absolute Gasteiger partial charge is 0.167 e. The third-order valence-corrected chi connectivity index (χ3v) is 3.27. The predicted octanol–water partition coefficient (Wildman–Crippen LogP) is 1.26. The van der Waals surface area contributed by atoms with Gasteiger partial charge in [-0.1, -0.05) is 31.9 Å². The Morgan fingerprint density at radius 3 is 1.64 bits per heavy atom. The minimum atomic E-state index is -0.177. The minimum Gasteiger partial charge on any atom is -0.349 e. The van der Waals surface area contributed by atoms with Crippen LogP contribution >= 0.6 is 31.9 Å². The van der Waals surface area contributed by atoms with Gasteiger partial charge in [0.1, 0.15) is 12.2 Å². The fraction of sp³-hybridized carbons (Fsp3) is 1.00. The second kappa shape index (κ2) is 5.23. The number of ether oxygens (including phenoxy) is 4. The van der Waals surface area contributed by atoms with Crippen LogP contribution in [0.15, 0.2) is 0 Å². The summed E-state index contributed by atoms with van der Waals surface area (Å²) in [6, 6.07) is 0. The molecule has 2 aliphatic heterocycles. The van der Waals surface area contributed by atoms with Gasteiger partial charge in [0.25, 0.3) is 0 Å². The Balaban J connectivity index is 1.88. The highest BCUT2D eigenvalue weighted by atomic mass is 79.9. The van der Waals surface area contributed by atoms with Gasteiger partial charge in [0.05, 0.1) is 23.9 Å². The van der Waals surface area contributed by atoms with Crippen LogP contribution in [-0.2, 0) is 18.9 Å². The largest absolute Gasteiger partial charge is 0.349 e. The van der Waals surface area contributed by atoms with Gasteiger partial charge >= 0.3 is 0 Å². The SMILES string of the molecule is BrC[C@@H]1OC[C@H]2O[C@@H](CBr)OC[C@H]2O1. The topological polar surface area (TPSA) is 36.9 Å². The summed E-state index contributed by atoms with van der Waals surface area (Å²) in [6.07, 6.45) is -0.351. The molecule has 4 nitrogen and oxygen atoms in total. The van der Waals surface area contributed by atoms with E-state index in [2.05, 4.69) is 31.9 Å². The summed E-state index contributed by atoms with van der Waals surface area (Å²) in [5.41, 5.74) is 0. The van der Waals surface area contributed by atoms with Gasteiger partial charge in [-0.25, -0.2) is 0 Å². The van der Waals surface area contributed by atoms with E-state index in [1.54, 1.807) is 0 Å². The van der Waals surface area contributed by atoms with Gasteiger partial charge in [-0.15, -0.1) is 0 Å². The van der Waals surface area contributed by atoms with Gasteiger partial charge in [-0.2, -0.15) is 0 Å². The Bertz CT molecular complexity index is 172. The van der Waals surface area contributed by atoms with Crippen LogP contribution in [0, 0.1) is 0 Å². The van der Waals surface area contributed by atoms with Crippen LogP contribution in [0.1, 0.15) is 0 Å². The Morgan fingerprint density at radius 2 is 1.29 bits per heavy atom. The fourth-order valence-corrected chi connectivity index (χ4v) is 2.18. The van der Waals surface area contributed by atoms with Crippen molar-refractivity contribution >= 4 is 31.9 Å². The van der Waals surface area contributed by atoms with Crippen LogP contribution in [0.5, 0.6) is 0 Å². The molecule has 0 N–H and O–H groups in total. The molecule has 0 unspecified atom stereocenters. The van der Waals surface area contributed by atoms with Crippen LogP contribution in [0.3, 0.4) is 0 Å². The van der Waals surface area contributed by atoms with Crippen LogP contribution in [0.25, 0.3) is 0 Å². The third-order valence-electron chi connectivity index (χ3n) is 2.21. The first kappa shape index (κ1) is 11.3. The number of halogens is 2. The Kier molecular flexibility index (Phi) is 4.21. The number of hydrogen-bond donors (Lipinski definition) is 0. The maximum absolute atomic E-state index is 5.60. The molecule has 82 valence electrons. The summed E-state index contributed by atoms with van der Waals surface area (Å²) >= 11 is 6.63.